The standard InChI is InChI=1S/C32H45FN6O6S/c1-4-39(22(2)3)31(40)27-13-23(33)5-8-28(27)45-29-14-34-21-35-30(29)38-19-32(20-38)9-11-37(12-10-32)15-25-7-6-24(16-44-25)36-46(41,42)26-17-43-18-26/h5,8,13-14,21-22,24-26,36H,4,6-7,9-12,15-20H2,1-3H3/t24-,25+/m1/s1. The number of amides is 1. The molecule has 4 saturated heterocycles. The van der Waals surface area contributed by atoms with E-state index in [0.29, 0.717) is 24.7 Å². The van der Waals surface area contributed by atoms with E-state index in [1.807, 2.05) is 20.8 Å². The van der Waals surface area contributed by atoms with Crippen molar-refractivity contribution in [3.63, 3.8) is 0 Å². The molecule has 0 aliphatic carbocycles. The Morgan fingerprint density at radius 3 is 2.57 bits per heavy atom. The molecule has 4 aliphatic heterocycles. The number of benzene rings is 1. The Hall–Kier alpha value is -2.91. The van der Waals surface area contributed by atoms with Crippen molar-refractivity contribution in [3.05, 3.63) is 42.1 Å². The van der Waals surface area contributed by atoms with Crippen molar-refractivity contribution >= 4 is 21.7 Å². The van der Waals surface area contributed by atoms with Gasteiger partial charge in [-0.25, -0.2) is 27.5 Å². The lowest BCUT2D eigenvalue weighted by Crippen LogP contribution is -2.61. The van der Waals surface area contributed by atoms with Crippen LogP contribution in [0.15, 0.2) is 30.7 Å². The van der Waals surface area contributed by atoms with Crippen molar-refractivity contribution < 1.29 is 31.8 Å². The molecule has 14 heteroatoms. The summed E-state index contributed by atoms with van der Waals surface area (Å²) in [7, 11) is -3.35. The molecular formula is C32H45FN6O6S. The van der Waals surface area contributed by atoms with Crippen molar-refractivity contribution in [2.45, 2.75) is 69.9 Å². The minimum atomic E-state index is -3.35. The summed E-state index contributed by atoms with van der Waals surface area (Å²) >= 11 is 0. The lowest BCUT2D eigenvalue weighted by atomic mass is 9.72. The van der Waals surface area contributed by atoms with E-state index in [0.717, 1.165) is 58.4 Å². The summed E-state index contributed by atoms with van der Waals surface area (Å²) in [6.45, 7) is 11.7. The highest BCUT2D eigenvalue weighted by Crippen LogP contribution is 2.45. The fourth-order valence-electron chi connectivity index (χ4n) is 6.89. The van der Waals surface area contributed by atoms with E-state index in [4.69, 9.17) is 14.2 Å². The number of carbonyl (C=O) groups is 1. The number of sulfonamides is 1. The third kappa shape index (κ3) is 7.15. The van der Waals surface area contributed by atoms with E-state index >= 15 is 0 Å². The van der Waals surface area contributed by atoms with Gasteiger partial charge in [-0.3, -0.25) is 4.79 Å². The Morgan fingerprint density at radius 2 is 1.93 bits per heavy atom. The monoisotopic (exact) mass is 660 g/mol. The number of hydrogen-bond acceptors (Lipinski definition) is 10. The first kappa shape index (κ1) is 33.0. The van der Waals surface area contributed by atoms with E-state index in [9.17, 15) is 17.6 Å². The van der Waals surface area contributed by atoms with Gasteiger partial charge in [0, 0.05) is 43.7 Å². The molecule has 46 heavy (non-hydrogen) atoms. The van der Waals surface area contributed by atoms with Crippen molar-refractivity contribution in [1.82, 2.24) is 24.5 Å². The van der Waals surface area contributed by atoms with Gasteiger partial charge >= 0.3 is 0 Å². The number of nitrogens with zero attached hydrogens (tertiary/aromatic N) is 5. The molecule has 1 amide bonds. The number of likely N-dealkylation sites (tertiary alicyclic amines) is 1. The zero-order chi connectivity index (χ0) is 32.5. The number of ether oxygens (including phenoxy) is 3. The van der Waals surface area contributed by atoms with Crippen LogP contribution < -0.4 is 14.4 Å². The van der Waals surface area contributed by atoms with Crippen LogP contribution in [0.4, 0.5) is 10.2 Å². The molecule has 5 heterocycles. The number of halogens is 1. The number of anilines is 1. The van der Waals surface area contributed by atoms with Gasteiger partial charge in [-0.1, -0.05) is 0 Å². The topological polar surface area (TPSA) is 126 Å². The second kappa shape index (κ2) is 13.7. The zero-order valence-corrected chi connectivity index (χ0v) is 27.7. The van der Waals surface area contributed by atoms with Crippen LogP contribution in [-0.4, -0.2) is 117 Å². The molecule has 1 spiro atoms. The summed E-state index contributed by atoms with van der Waals surface area (Å²) in [5.41, 5.74) is 0.358. The Morgan fingerprint density at radius 1 is 1.17 bits per heavy atom. The van der Waals surface area contributed by atoms with E-state index in [-0.39, 0.29) is 54.0 Å². The number of aromatic nitrogens is 2. The molecule has 1 N–H and O–H groups in total. The molecule has 1 aromatic carbocycles. The van der Waals surface area contributed by atoms with Gasteiger partial charge < -0.3 is 28.9 Å². The molecule has 0 saturated carbocycles. The van der Waals surface area contributed by atoms with E-state index in [2.05, 4.69) is 24.5 Å². The van der Waals surface area contributed by atoms with Crippen LogP contribution in [0.2, 0.25) is 0 Å². The Balaban J connectivity index is 1.01. The highest BCUT2D eigenvalue weighted by atomic mass is 32.2. The van der Waals surface area contributed by atoms with Gasteiger partial charge in [0.05, 0.1) is 37.7 Å². The summed E-state index contributed by atoms with van der Waals surface area (Å²) in [6.07, 6.45) is 6.91. The predicted molar refractivity (Wildman–Crippen MR) is 170 cm³/mol. The zero-order valence-electron chi connectivity index (χ0n) is 26.9. The summed E-state index contributed by atoms with van der Waals surface area (Å²) < 4.78 is 59.2. The van der Waals surface area contributed by atoms with Gasteiger partial charge in [0.2, 0.25) is 10.0 Å². The summed E-state index contributed by atoms with van der Waals surface area (Å²) in [4.78, 5) is 28.3. The van der Waals surface area contributed by atoms with Crippen LogP contribution in [0.5, 0.6) is 11.5 Å². The summed E-state index contributed by atoms with van der Waals surface area (Å²) in [5.74, 6) is 0.568. The van der Waals surface area contributed by atoms with Gasteiger partial charge in [-0.15, -0.1) is 0 Å². The third-order valence-electron chi connectivity index (χ3n) is 9.75. The average Bonchev–Trinajstić information content (AvgIpc) is 2.97. The molecule has 4 aliphatic rings. The maximum absolute atomic E-state index is 14.3. The van der Waals surface area contributed by atoms with Gasteiger partial charge in [0.15, 0.2) is 11.6 Å². The maximum Gasteiger partial charge on any atom is 0.257 e. The number of rotatable bonds is 11. The predicted octanol–water partition coefficient (Wildman–Crippen LogP) is 3.05. The van der Waals surface area contributed by atoms with Crippen molar-refractivity contribution in [3.8, 4) is 11.5 Å². The lowest BCUT2D eigenvalue weighted by molar-refractivity contribution is -0.0302. The van der Waals surface area contributed by atoms with Crippen LogP contribution in [0, 0.1) is 11.2 Å². The highest BCUT2D eigenvalue weighted by molar-refractivity contribution is 7.90. The summed E-state index contributed by atoms with van der Waals surface area (Å²) in [5, 5.41) is -0.443. The normalized spacial score (nSPS) is 23.6. The minimum Gasteiger partial charge on any atom is -0.451 e. The van der Waals surface area contributed by atoms with Crippen LogP contribution in [-0.2, 0) is 19.5 Å². The molecule has 2 atom stereocenters. The third-order valence-corrected chi connectivity index (χ3v) is 11.6. The van der Waals surface area contributed by atoms with E-state index < -0.39 is 21.1 Å². The van der Waals surface area contributed by atoms with Gasteiger partial charge in [0.1, 0.15) is 23.1 Å². The highest BCUT2D eigenvalue weighted by Gasteiger charge is 2.46. The molecule has 4 fully saturated rings. The molecule has 252 valence electrons. The van der Waals surface area contributed by atoms with E-state index in [1.54, 1.807) is 11.1 Å². The molecule has 0 radical (unpaired) electrons. The number of hydrogen-bond donors (Lipinski definition) is 1. The van der Waals surface area contributed by atoms with Crippen molar-refractivity contribution in [2.75, 3.05) is 64.0 Å². The van der Waals surface area contributed by atoms with Gasteiger partial charge in [-0.05, 0) is 77.7 Å². The SMILES string of the molecule is CCN(C(=O)c1cc(F)ccc1Oc1cncnc1N1CC2(CCN(C[C@@H]3CC[C@@H](NS(=O)(=O)C4COC4)CO3)CC2)C1)C(C)C. The van der Waals surface area contributed by atoms with Crippen LogP contribution in [0.25, 0.3) is 0 Å². The second-order valence-corrected chi connectivity index (χ2v) is 15.3. The Labute approximate surface area is 270 Å². The minimum absolute atomic E-state index is 0.0449. The molecule has 6 rings (SSSR count). The second-order valence-electron chi connectivity index (χ2n) is 13.3. The summed E-state index contributed by atoms with van der Waals surface area (Å²) in [6, 6.07) is 3.78. The molecule has 2 aromatic rings. The number of nitrogens with one attached hydrogen (secondary N) is 1. The fraction of sp³-hybridized carbons (Fsp3) is 0.656. The lowest BCUT2D eigenvalue weighted by Gasteiger charge is -2.54. The van der Waals surface area contributed by atoms with Crippen LogP contribution in [0.3, 0.4) is 0 Å². The molecule has 1 aromatic heterocycles. The molecule has 0 unspecified atom stereocenters. The van der Waals surface area contributed by atoms with Crippen molar-refractivity contribution in [1.29, 1.82) is 0 Å². The molecule has 0 bridgehead atoms. The Bertz CT molecular complexity index is 1480. The van der Waals surface area contributed by atoms with Crippen LogP contribution >= 0.6 is 0 Å². The first-order valence-corrected chi connectivity index (χ1v) is 17.9. The Kier molecular flexibility index (Phi) is 9.81. The maximum atomic E-state index is 14.3. The largest absolute Gasteiger partial charge is 0.451 e. The van der Waals surface area contributed by atoms with E-state index in [1.165, 1.54) is 24.5 Å². The first-order valence-electron chi connectivity index (χ1n) is 16.3. The van der Waals surface area contributed by atoms with Crippen LogP contribution in [0.1, 0.15) is 56.8 Å². The van der Waals surface area contributed by atoms with Gasteiger partial charge in [-0.2, -0.15) is 0 Å². The fourth-order valence-corrected chi connectivity index (χ4v) is 8.28. The molecule has 12 nitrogen and oxygen atoms in total. The smallest absolute Gasteiger partial charge is 0.257 e. The average molecular weight is 661 g/mol. The quantitative estimate of drug-likeness (QED) is 0.385. The van der Waals surface area contributed by atoms with Gasteiger partial charge in [0.25, 0.3) is 5.91 Å². The van der Waals surface area contributed by atoms with Crippen molar-refractivity contribution in [2.24, 2.45) is 5.41 Å². The first-order chi connectivity index (χ1) is 22.1. The molecular weight excluding hydrogens is 615 g/mol. The number of carbonyl (C=O) groups excluding carboxylic acids is 1. The number of piperidine rings is 1.